The highest BCUT2D eigenvalue weighted by Gasteiger charge is 2.49. The van der Waals surface area contributed by atoms with Crippen LogP contribution in [0.25, 0.3) is 0 Å². The molecule has 380 valence electrons. The van der Waals surface area contributed by atoms with Crippen molar-refractivity contribution in [2.24, 2.45) is 0 Å². The van der Waals surface area contributed by atoms with Crippen LogP contribution in [0.15, 0.2) is 60.7 Å². The number of esters is 2. The maximum atomic E-state index is 13.9. The molecule has 2 aromatic rings. The summed E-state index contributed by atoms with van der Waals surface area (Å²) in [5.41, 5.74) is 2.72. The van der Waals surface area contributed by atoms with Crippen LogP contribution in [-0.4, -0.2) is 79.7 Å². The molecule has 1 aliphatic heterocycles. The standard InChI is InChI=1S/C56H93NO9Si/c1-7-8-9-10-11-12-13-20-31-40-47(64-50(59)41-32-21-16-14-18-25-34-45-36-27-23-28-37-45)43-49(58)57-52-54(53(61)48(65-55(52)62)44-63-67(5,6)56(2,3)4)66-51(60)42-33-22-17-15-19-26-35-46-38-29-24-30-39-46/h23-24,27-30,36-39,47-48,52-55,61-62H,7-22,25-26,31-35,40-44H2,1-6H3,(H,57,58)/t47-,48-,52-,53-,54-,55-/m1/s1. The van der Waals surface area contributed by atoms with Gasteiger partial charge in [-0.2, -0.15) is 0 Å². The molecule has 10 nitrogen and oxygen atoms in total. The molecule has 1 heterocycles. The first kappa shape index (κ1) is 58.2. The van der Waals surface area contributed by atoms with Gasteiger partial charge in [0.2, 0.25) is 5.91 Å². The maximum absolute atomic E-state index is 13.9. The summed E-state index contributed by atoms with van der Waals surface area (Å²) in [5, 5.41) is 25.9. The van der Waals surface area contributed by atoms with Crippen LogP contribution in [0, 0.1) is 0 Å². The van der Waals surface area contributed by atoms with Gasteiger partial charge in [0.1, 0.15) is 24.4 Å². The second-order valence-corrected chi connectivity index (χ2v) is 25.6. The number of nitrogens with one attached hydrogen (secondary N) is 1. The number of benzene rings is 2. The van der Waals surface area contributed by atoms with Crippen molar-refractivity contribution in [2.75, 3.05) is 6.61 Å². The van der Waals surface area contributed by atoms with Gasteiger partial charge in [-0.05, 0) is 80.6 Å². The summed E-state index contributed by atoms with van der Waals surface area (Å²) in [7, 11) is -2.27. The van der Waals surface area contributed by atoms with E-state index in [0.717, 1.165) is 103 Å². The Morgan fingerprint density at radius 1 is 0.657 bits per heavy atom. The SMILES string of the molecule is CCCCCCCCCCC[C@H](CC(=O)N[C@@H]1[C@@H](OC(=O)CCCCCCCCc2ccccc2)[C@H](O)[C@@H](CO[Si](C)(C)C(C)(C)C)O[C@H]1O)OC(=O)CCCCCCCCc1ccccc1. The highest BCUT2D eigenvalue weighted by molar-refractivity contribution is 6.74. The predicted octanol–water partition coefficient (Wildman–Crippen LogP) is 12.7. The summed E-state index contributed by atoms with van der Waals surface area (Å²) in [6.45, 7) is 12.8. The van der Waals surface area contributed by atoms with Gasteiger partial charge in [0.25, 0.3) is 0 Å². The minimum atomic E-state index is -2.27. The monoisotopic (exact) mass is 952 g/mol. The smallest absolute Gasteiger partial charge is 0.306 e. The molecule has 0 saturated carbocycles. The van der Waals surface area contributed by atoms with Crippen molar-refractivity contribution in [3.05, 3.63) is 71.8 Å². The van der Waals surface area contributed by atoms with Crippen molar-refractivity contribution in [2.45, 2.75) is 256 Å². The highest BCUT2D eigenvalue weighted by atomic mass is 28.4. The average Bonchev–Trinajstić information content (AvgIpc) is 3.29. The Hall–Kier alpha value is -3.09. The van der Waals surface area contributed by atoms with E-state index >= 15 is 0 Å². The molecule has 0 aromatic heterocycles. The lowest BCUT2D eigenvalue weighted by Gasteiger charge is -2.44. The van der Waals surface area contributed by atoms with Crippen LogP contribution < -0.4 is 5.32 Å². The number of aryl methyl sites for hydroxylation is 2. The minimum Gasteiger partial charge on any atom is -0.462 e. The van der Waals surface area contributed by atoms with E-state index in [0.29, 0.717) is 19.3 Å². The number of aliphatic hydroxyl groups is 2. The second-order valence-electron chi connectivity index (χ2n) is 20.8. The molecule has 0 bridgehead atoms. The fourth-order valence-electron chi connectivity index (χ4n) is 8.56. The molecule has 0 radical (unpaired) electrons. The van der Waals surface area contributed by atoms with Gasteiger partial charge >= 0.3 is 11.9 Å². The fraction of sp³-hybridized carbons (Fsp3) is 0.732. The van der Waals surface area contributed by atoms with E-state index in [2.05, 4.69) is 94.6 Å². The topological polar surface area (TPSA) is 141 Å². The number of amides is 1. The normalized spacial score (nSPS) is 19.2. The third-order valence-electron chi connectivity index (χ3n) is 13.9. The molecule has 2 aromatic carbocycles. The Labute approximate surface area is 407 Å². The van der Waals surface area contributed by atoms with Crippen molar-refractivity contribution < 1.29 is 43.2 Å². The number of ether oxygens (including phenoxy) is 3. The summed E-state index contributed by atoms with van der Waals surface area (Å²) in [4.78, 5) is 40.4. The van der Waals surface area contributed by atoms with E-state index in [1.807, 2.05) is 12.1 Å². The maximum Gasteiger partial charge on any atom is 0.306 e. The molecule has 3 rings (SSSR count). The van der Waals surface area contributed by atoms with Crippen molar-refractivity contribution >= 4 is 26.2 Å². The van der Waals surface area contributed by atoms with Crippen molar-refractivity contribution in [3.63, 3.8) is 0 Å². The van der Waals surface area contributed by atoms with E-state index < -0.39 is 56.9 Å². The number of hydrogen-bond donors (Lipinski definition) is 3. The Morgan fingerprint density at radius 3 is 1.63 bits per heavy atom. The van der Waals surface area contributed by atoms with Gasteiger partial charge in [0.05, 0.1) is 13.0 Å². The number of aliphatic hydroxyl groups excluding tert-OH is 2. The Morgan fingerprint density at radius 2 is 1.12 bits per heavy atom. The molecule has 1 fully saturated rings. The molecule has 0 aliphatic carbocycles. The zero-order chi connectivity index (χ0) is 48.8. The molecular formula is C56H93NO9Si. The van der Waals surface area contributed by atoms with Crippen LogP contribution in [0.4, 0.5) is 0 Å². The summed E-state index contributed by atoms with van der Waals surface area (Å²) in [5.74, 6) is -1.29. The van der Waals surface area contributed by atoms with E-state index in [-0.39, 0.29) is 30.5 Å². The molecule has 0 unspecified atom stereocenters. The van der Waals surface area contributed by atoms with E-state index in [1.165, 1.54) is 49.7 Å². The van der Waals surface area contributed by atoms with Crippen molar-refractivity contribution in [1.82, 2.24) is 5.32 Å². The zero-order valence-electron chi connectivity index (χ0n) is 42.8. The molecule has 1 amide bonds. The average molecular weight is 952 g/mol. The molecule has 0 spiro atoms. The van der Waals surface area contributed by atoms with Crippen LogP contribution in [0.3, 0.4) is 0 Å². The van der Waals surface area contributed by atoms with Crippen LogP contribution in [-0.2, 0) is 45.9 Å². The predicted molar refractivity (Wildman–Crippen MR) is 273 cm³/mol. The number of carbonyl (C=O) groups excluding carboxylic acids is 3. The summed E-state index contributed by atoms with van der Waals surface area (Å²) >= 11 is 0. The van der Waals surface area contributed by atoms with E-state index in [1.54, 1.807) is 0 Å². The number of unbranched alkanes of at least 4 members (excludes halogenated alkanes) is 18. The lowest BCUT2D eigenvalue weighted by atomic mass is 9.96. The van der Waals surface area contributed by atoms with Gasteiger partial charge < -0.3 is 34.2 Å². The third kappa shape index (κ3) is 24.8. The van der Waals surface area contributed by atoms with Gasteiger partial charge in [-0.25, -0.2) is 0 Å². The zero-order valence-corrected chi connectivity index (χ0v) is 43.8. The van der Waals surface area contributed by atoms with Crippen molar-refractivity contribution in [3.8, 4) is 0 Å². The van der Waals surface area contributed by atoms with Crippen molar-refractivity contribution in [1.29, 1.82) is 0 Å². The van der Waals surface area contributed by atoms with Gasteiger partial charge in [0, 0.05) is 12.8 Å². The van der Waals surface area contributed by atoms with Crippen LogP contribution in [0.5, 0.6) is 0 Å². The first-order valence-electron chi connectivity index (χ1n) is 26.6. The first-order valence-corrected chi connectivity index (χ1v) is 29.5. The molecule has 11 heteroatoms. The quantitative estimate of drug-likeness (QED) is 0.0346. The van der Waals surface area contributed by atoms with Gasteiger partial charge in [-0.1, -0.05) is 191 Å². The first-order chi connectivity index (χ1) is 32.2. The summed E-state index contributed by atoms with van der Waals surface area (Å²) in [6.07, 6.45) is 19.5. The molecule has 6 atom stereocenters. The van der Waals surface area contributed by atoms with E-state index in [9.17, 15) is 24.6 Å². The Bertz CT molecular complexity index is 1600. The molecular weight excluding hydrogens is 859 g/mol. The Kier molecular flexibility index (Phi) is 29.1. The van der Waals surface area contributed by atoms with Gasteiger partial charge in [-0.3, -0.25) is 14.4 Å². The number of carbonyl (C=O) groups is 3. The second kappa shape index (κ2) is 33.4. The Balaban J connectivity index is 1.57. The van der Waals surface area contributed by atoms with E-state index in [4.69, 9.17) is 18.6 Å². The van der Waals surface area contributed by atoms with Crippen LogP contribution >= 0.6 is 0 Å². The minimum absolute atomic E-state index is 0.00126. The van der Waals surface area contributed by atoms with Gasteiger partial charge in [0.15, 0.2) is 20.7 Å². The number of hydrogen-bond acceptors (Lipinski definition) is 9. The molecule has 1 saturated heterocycles. The summed E-state index contributed by atoms with van der Waals surface area (Å²) < 4.78 is 24.2. The summed E-state index contributed by atoms with van der Waals surface area (Å²) in [6, 6.07) is 19.8. The fourth-order valence-corrected chi connectivity index (χ4v) is 9.58. The van der Waals surface area contributed by atoms with Crippen LogP contribution in [0.1, 0.15) is 199 Å². The van der Waals surface area contributed by atoms with Gasteiger partial charge in [-0.15, -0.1) is 0 Å². The highest BCUT2D eigenvalue weighted by Crippen LogP contribution is 2.37. The number of rotatable bonds is 36. The molecule has 67 heavy (non-hydrogen) atoms. The van der Waals surface area contributed by atoms with Crippen LogP contribution in [0.2, 0.25) is 18.1 Å². The largest absolute Gasteiger partial charge is 0.462 e. The third-order valence-corrected chi connectivity index (χ3v) is 18.4. The lowest BCUT2D eigenvalue weighted by Crippen LogP contribution is -2.65. The molecule has 1 aliphatic rings. The molecule has 3 N–H and O–H groups in total. The lowest BCUT2D eigenvalue weighted by molar-refractivity contribution is -0.258.